The average molecular weight is 337 g/mol. The van der Waals surface area contributed by atoms with E-state index in [-0.39, 0.29) is 6.29 Å². The zero-order chi connectivity index (χ0) is 15.9. The van der Waals surface area contributed by atoms with Crippen LogP contribution in [0.15, 0.2) is 48.5 Å². The van der Waals surface area contributed by atoms with Gasteiger partial charge in [0.1, 0.15) is 0 Å². The van der Waals surface area contributed by atoms with Crippen LogP contribution in [0.3, 0.4) is 0 Å². The summed E-state index contributed by atoms with van der Waals surface area (Å²) in [5.74, 6) is 0. The van der Waals surface area contributed by atoms with Crippen LogP contribution in [0.2, 0.25) is 0 Å². The third kappa shape index (κ3) is 2.42. The molecule has 1 aromatic heterocycles. The number of anilines is 1. The number of ether oxygens (including phenoxy) is 2. The molecule has 2 aliphatic rings. The average Bonchev–Trinajstić information content (AvgIpc) is 3.34. The second-order valence-corrected chi connectivity index (χ2v) is 7.46. The van der Waals surface area contributed by atoms with Gasteiger partial charge in [0.25, 0.3) is 0 Å². The van der Waals surface area contributed by atoms with Crippen LogP contribution >= 0.6 is 11.3 Å². The molecule has 4 heteroatoms. The Morgan fingerprint density at radius 1 is 1.00 bits per heavy atom. The van der Waals surface area contributed by atoms with Gasteiger partial charge in [-0.25, -0.2) is 0 Å². The van der Waals surface area contributed by atoms with Gasteiger partial charge in [-0.05, 0) is 41.5 Å². The van der Waals surface area contributed by atoms with Gasteiger partial charge in [0, 0.05) is 0 Å². The lowest BCUT2D eigenvalue weighted by atomic mass is 10.1. The molecule has 1 atom stereocenters. The molecular weight excluding hydrogens is 318 g/mol. The number of aryl methyl sites for hydroxylation is 1. The van der Waals surface area contributed by atoms with Crippen molar-refractivity contribution in [2.24, 2.45) is 0 Å². The predicted molar refractivity (Wildman–Crippen MR) is 97.6 cm³/mol. The van der Waals surface area contributed by atoms with Crippen molar-refractivity contribution in [3.63, 3.8) is 0 Å². The van der Waals surface area contributed by atoms with E-state index >= 15 is 0 Å². The Hall–Kier alpha value is -1.88. The predicted octanol–water partition coefficient (Wildman–Crippen LogP) is 5.05. The van der Waals surface area contributed by atoms with Crippen LogP contribution in [0.5, 0.6) is 0 Å². The number of nitrogens with one attached hydrogen (secondary N) is 1. The van der Waals surface area contributed by atoms with Crippen molar-refractivity contribution in [2.45, 2.75) is 25.2 Å². The Balaban J connectivity index is 1.49. The zero-order valence-corrected chi connectivity index (χ0v) is 14.1. The van der Waals surface area contributed by atoms with Gasteiger partial charge in [-0.3, -0.25) is 0 Å². The molecular formula is C20H19NO2S. The molecule has 3 nitrogen and oxygen atoms in total. The maximum atomic E-state index is 5.66. The van der Waals surface area contributed by atoms with Crippen molar-refractivity contribution in [1.29, 1.82) is 0 Å². The van der Waals surface area contributed by atoms with E-state index in [0.717, 1.165) is 17.7 Å². The third-order valence-electron chi connectivity index (χ3n) is 4.88. The van der Waals surface area contributed by atoms with Crippen LogP contribution in [-0.2, 0) is 15.9 Å². The van der Waals surface area contributed by atoms with E-state index in [9.17, 15) is 0 Å². The van der Waals surface area contributed by atoms with Crippen molar-refractivity contribution in [3.05, 3.63) is 64.5 Å². The fourth-order valence-electron chi connectivity index (χ4n) is 3.73. The number of fused-ring (bicyclic) bond motifs is 2. The first-order valence-electron chi connectivity index (χ1n) is 8.48. The summed E-state index contributed by atoms with van der Waals surface area (Å²) in [5, 5.41) is 5.03. The van der Waals surface area contributed by atoms with E-state index in [2.05, 4.69) is 53.8 Å². The minimum Gasteiger partial charge on any atom is -0.377 e. The van der Waals surface area contributed by atoms with Gasteiger partial charge in [0.05, 0.1) is 34.5 Å². The molecule has 0 radical (unpaired) electrons. The van der Waals surface area contributed by atoms with Gasteiger partial charge < -0.3 is 14.8 Å². The highest BCUT2D eigenvalue weighted by molar-refractivity contribution is 7.19. The molecule has 3 aromatic rings. The number of hydrogen-bond acceptors (Lipinski definition) is 4. The number of thiophene rings is 1. The second-order valence-electron chi connectivity index (χ2n) is 6.38. The third-order valence-corrected chi connectivity index (χ3v) is 6.09. The summed E-state index contributed by atoms with van der Waals surface area (Å²) in [6, 6.07) is 17.8. The summed E-state index contributed by atoms with van der Waals surface area (Å²) in [4.78, 5) is 1.16. The minimum absolute atomic E-state index is 0.192. The van der Waals surface area contributed by atoms with Gasteiger partial charge >= 0.3 is 0 Å². The molecule has 24 heavy (non-hydrogen) atoms. The fraction of sp³-hybridized carbons (Fsp3) is 0.300. The molecule has 122 valence electrons. The molecule has 1 unspecified atom stereocenters. The molecule has 0 bridgehead atoms. The molecule has 0 saturated carbocycles. The zero-order valence-electron chi connectivity index (χ0n) is 13.3. The highest BCUT2D eigenvalue weighted by Gasteiger charge is 2.24. The molecule has 1 saturated heterocycles. The van der Waals surface area contributed by atoms with Crippen molar-refractivity contribution in [2.75, 3.05) is 18.5 Å². The Labute approximate surface area is 145 Å². The highest BCUT2D eigenvalue weighted by Crippen LogP contribution is 2.40. The summed E-state index contributed by atoms with van der Waals surface area (Å²) < 4.78 is 12.6. The van der Waals surface area contributed by atoms with Crippen molar-refractivity contribution in [3.8, 4) is 0 Å². The number of rotatable bonds is 3. The minimum atomic E-state index is -0.192. The molecule has 1 aliphatic carbocycles. The van der Waals surface area contributed by atoms with E-state index in [0.29, 0.717) is 19.3 Å². The first-order chi connectivity index (χ1) is 11.9. The lowest BCUT2D eigenvalue weighted by Gasteiger charge is -2.16. The van der Waals surface area contributed by atoms with Crippen LogP contribution in [0.25, 0.3) is 10.1 Å². The number of hydrogen-bond donors (Lipinski definition) is 1. The Kier molecular flexibility index (Phi) is 3.55. The highest BCUT2D eigenvalue weighted by atomic mass is 32.1. The van der Waals surface area contributed by atoms with Crippen LogP contribution < -0.4 is 5.32 Å². The molecule has 1 fully saturated rings. The van der Waals surface area contributed by atoms with Gasteiger partial charge in [0.15, 0.2) is 6.29 Å². The molecule has 2 aromatic carbocycles. The molecule has 2 heterocycles. The lowest BCUT2D eigenvalue weighted by molar-refractivity contribution is -0.0412. The second kappa shape index (κ2) is 5.88. The Morgan fingerprint density at radius 3 is 2.79 bits per heavy atom. The SMILES string of the molecule is c1ccc2c(c1)CCC2Nc1cccc2cc(C3OCCO3)sc12. The summed E-state index contributed by atoms with van der Waals surface area (Å²) >= 11 is 1.77. The first-order valence-corrected chi connectivity index (χ1v) is 9.30. The van der Waals surface area contributed by atoms with E-state index in [4.69, 9.17) is 9.47 Å². The smallest absolute Gasteiger partial charge is 0.193 e. The Bertz CT molecular complexity index is 882. The topological polar surface area (TPSA) is 30.5 Å². The monoisotopic (exact) mass is 337 g/mol. The van der Waals surface area contributed by atoms with E-state index in [1.165, 1.54) is 26.9 Å². The molecule has 0 spiro atoms. The maximum absolute atomic E-state index is 5.66. The fourth-order valence-corrected chi connectivity index (χ4v) is 4.87. The Morgan fingerprint density at radius 2 is 1.88 bits per heavy atom. The van der Waals surface area contributed by atoms with Gasteiger partial charge in [0.2, 0.25) is 0 Å². The lowest BCUT2D eigenvalue weighted by Crippen LogP contribution is -2.06. The summed E-state index contributed by atoms with van der Waals surface area (Å²) in [6.45, 7) is 1.37. The van der Waals surface area contributed by atoms with Crippen molar-refractivity contribution >= 4 is 27.1 Å². The quantitative estimate of drug-likeness (QED) is 0.726. The van der Waals surface area contributed by atoms with Gasteiger partial charge in [-0.1, -0.05) is 36.4 Å². The van der Waals surface area contributed by atoms with Crippen molar-refractivity contribution < 1.29 is 9.47 Å². The van der Waals surface area contributed by atoms with E-state index < -0.39 is 0 Å². The van der Waals surface area contributed by atoms with Crippen LogP contribution in [-0.4, -0.2) is 13.2 Å². The van der Waals surface area contributed by atoms with Gasteiger partial charge in [-0.15, -0.1) is 11.3 Å². The maximum Gasteiger partial charge on any atom is 0.193 e. The van der Waals surface area contributed by atoms with Crippen LogP contribution in [0.1, 0.15) is 34.8 Å². The summed E-state index contributed by atoms with van der Waals surface area (Å²) in [5.41, 5.74) is 4.12. The molecule has 1 aliphatic heterocycles. The molecule has 5 rings (SSSR count). The molecule has 1 N–H and O–H groups in total. The molecule has 0 amide bonds. The number of benzene rings is 2. The van der Waals surface area contributed by atoms with E-state index in [1.54, 1.807) is 11.3 Å². The van der Waals surface area contributed by atoms with Crippen LogP contribution in [0, 0.1) is 0 Å². The largest absolute Gasteiger partial charge is 0.377 e. The van der Waals surface area contributed by atoms with Gasteiger partial charge in [-0.2, -0.15) is 0 Å². The standard InChI is InChI=1S/C20H19NO2S/c1-2-6-15-13(4-1)8-9-16(15)21-17-7-3-5-14-12-18(24-19(14)17)20-22-10-11-23-20/h1-7,12,16,20-21H,8-11H2. The summed E-state index contributed by atoms with van der Waals surface area (Å²) in [7, 11) is 0. The normalized spacial score (nSPS) is 20.6. The summed E-state index contributed by atoms with van der Waals surface area (Å²) in [6.07, 6.45) is 2.12. The van der Waals surface area contributed by atoms with Crippen LogP contribution in [0.4, 0.5) is 5.69 Å². The van der Waals surface area contributed by atoms with Crippen molar-refractivity contribution in [1.82, 2.24) is 0 Å². The first kappa shape index (κ1) is 14.5. The van der Waals surface area contributed by atoms with E-state index in [1.807, 2.05) is 0 Å².